The average Bonchev–Trinajstić information content (AvgIpc) is 2.46. The number of halogens is 2. The van der Waals surface area contributed by atoms with Gasteiger partial charge < -0.3 is 5.32 Å². The van der Waals surface area contributed by atoms with Crippen molar-refractivity contribution in [2.24, 2.45) is 0 Å². The summed E-state index contributed by atoms with van der Waals surface area (Å²) in [6.45, 7) is 1.80. The van der Waals surface area contributed by atoms with Gasteiger partial charge in [-0.1, -0.05) is 6.07 Å². The van der Waals surface area contributed by atoms with Crippen LogP contribution in [0.15, 0.2) is 18.2 Å². The summed E-state index contributed by atoms with van der Waals surface area (Å²) in [7, 11) is 0. The summed E-state index contributed by atoms with van der Waals surface area (Å²) in [6.07, 6.45) is 2.67. The molecule has 1 aromatic carbocycles. The predicted octanol–water partition coefficient (Wildman–Crippen LogP) is 2.82. The van der Waals surface area contributed by atoms with Crippen molar-refractivity contribution in [2.75, 3.05) is 13.1 Å². The quantitative estimate of drug-likeness (QED) is 0.753. The van der Waals surface area contributed by atoms with E-state index in [1.54, 1.807) is 0 Å². The summed E-state index contributed by atoms with van der Waals surface area (Å²) < 4.78 is 27.0. The highest BCUT2D eigenvalue weighted by atomic mass is 19.1. The van der Waals surface area contributed by atoms with Gasteiger partial charge in [-0.3, -0.25) is 0 Å². The number of hydrogen-bond acceptors (Lipinski definition) is 1. The Morgan fingerprint density at radius 1 is 1.07 bits per heavy atom. The van der Waals surface area contributed by atoms with Gasteiger partial charge in [0.2, 0.25) is 0 Å². The lowest BCUT2D eigenvalue weighted by atomic mass is 9.91. The molecule has 1 aliphatic rings. The minimum atomic E-state index is -0.401. The molecule has 1 N–H and O–H groups in total. The molecule has 1 unspecified atom stereocenters. The molecule has 0 bridgehead atoms. The van der Waals surface area contributed by atoms with Crippen molar-refractivity contribution in [3.8, 4) is 0 Å². The minimum absolute atomic E-state index is 0.0289. The van der Waals surface area contributed by atoms with Crippen molar-refractivity contribution < 1.29 is 8.78 Å². The van der Waals surface area contributed by atoms with Crippen molar-refractivity contribution in [1.29, 1.82) is 0 Å². The number of benzene rings is 1. The third kappa shape index (κ3) is 2.34. The number of nitrogens with one attached hydrogen (secondary N) is 1. The van der Waals surface area contributed by atoms with Crippen LogP contribution >= 0.6 is 0 Å². The first-order valence-corrected chi connectivity index (χ1v) is 5.43. The zero-order chi connectivity index (χ0) is 10.7. The van der Waals surface area contributed by atoms with Crippen LogP contribution in [0.3, 0.4) is 0 Å². The monoisotopic (exact) mass is 211 g/mol. The largest absolute Gasteiger partial charge is 0.317 e. The summed E-state index contributed by atoms with van der Waals surface area (Å²) in [5, 5.41) is 3.24. The average molecular weight is 211 g/mol. The summed E-state index contributed by atoms with van der Waals surface area (Å²) in [6, 6.07) is 4.11. The molecule has 1 aliphatic heterocycles. The molecule has 0 amide bonds. The van der Waals surface area contributed by atoms with E-state index in [2.05, 4.69) is 5.32 Å². The Morgan fingerprint density at radius 2 is 1.80 bits per heavy atom. The molecule has 1 nitrogen and oxygen atoms in total. The third-order valence-corrected chi connectivity index (χ3v) is 2.98. The highest BCUT2D eigenvalue weighted by Crippen LogP contribution is 2.30. The van der Waals surface area contributed by atoms with Gasteiger partial charge in [0.25, 0.3) is 0 Å². The molecule has 15 heavy (non-hydrogen) atoms. The van der Waals surface area contributed by atoms with E-state index in [4.69, 9.17) is 0 Å². The van der Waals surface area contributed by atoms with E-state index < -0.39 is 11.6 Å². The molecule has 3 heteroatoms. The van der Waals surface area contributed by atoms with Gasteiger partial charge in [-0.05, 0) is 50.4 Å². The van der Waals surface area contributed by atoms with E-state index in [1.165, 1.54) is 18.2 Å². The first kappa shape index (κ1) is 10.6. The fourth-order valence-electron chi connectivity index (χ4n) is 2.21. The molecule has 1 fully saturated rings. The molecule has 1 heterocycles. The normalized spacial score (nSPS) is 22.4. The lowest BCUT2D eigenvalue weighted by Crippen LogP contribution is -2.14. The van der Waals surface area contributed by atoms with E-state index in [0.717, 1.165) is 32.4 Å². The molecule has 0 spiro atoms. The Labute approximate surface area is 88.5 Å². The van der Waals surface area contributed by atoms with Gasteiger partial charge in [0.05, 0.1) is 0 Å². The Hall–Kier alpha value is -0.960. The van der Waals surface area contributed by atoms with Crippen molar-refractivity contribution in [3.05, 3.63) is 35.4 Å². The summed E-state index contributed by atoms with van der Waals surface area (Å²) in [5.74, 6) is -0.773. The first-order chi connectivity index (χ1) is 7.29. The van der Waals surface area contributed by atoms with Crippen LogP contribution in [-0.4, -0.2) is 13.1 Å². The van der Waals surface area contributed by atoms with Crippen LogP contribution in [0, 0.1) is 11.6 Å². The molecule has 1 saturated heterocycles. The molecule has 0 radical (unpaired) electrons. The number of rotatable bonds is 1. The fourth-order valence-corrected chi connectivity index (χ4v) is 2.21. The zero-order valence-corrected chi connectivity index (χ0v) is 8.60. The van der Waals surface area contributed by atoms with Crippen LogP contribution < -0.4 is 5.32 Å². The molecular formula is C12H15F2N. The van der Waals surface area contributed by atoms with E-state index in [0.29, 0.717) is 0 Å². The van der Waals surface area contributed by atoms with E-state index in [-0.39, 0.29) is 11.5 Å². The van der Waals surface area contributed by atoms with E-state index >= 15 is 0 Å². The Balaban J connectivity index is 2.26. The SMILES string of the molecule is Fc1cccc(F)c1C1CCCNCC1. The second-order valence-electron chi connectivity index (χ2n) is 4.01. The van der Waals surface area contributed by atoms with Crippen molar-refractivity contribution >= 4 is 0 Å². The fraction of sp³-hybridized carbons (Fsp3) is 0.500. The van der Waals surface area contributed by atoms with Crippen LogP contribution in [0.25, 0.3) is 0 Å². The Bertz CT molecular complexity index is 310. The smallest absolute Gasteiger partial charge is 0.129 e. The summed E-state index contributed by atoms with van der Waals surface area (Å²) in [5.41, 5.74) is 0.279. The summed E-state index contributed by atoms with van der Waals surface area (Å²) in [4.78, 5) is 0. The van der Waals surface area contributed by atoms with E-state index in [1.807, 2.05) is 0 Å². The maximum absolute atomic E-state index is 13.5. The Morgan fingerprint density at radius 3 is 2.53 bits per heavy atom. The van der Waals surface area contributed by atoms with Gasteiger partial charge in [0.1, 0.15) is 11.6 Å². The predicted molar refractivity (Wildman–Crippen MR) is 55.8 cm³/mol. The van der Waals surface area contributed by atoms with Gasteiger partial charge in [-0.15, -0.1) is 0 Å². The number of hydrogen-bond donors (Lipinski definition) is 1. The molecule has 0 saturated carbocycles. The van der Waals surface area contributed by atoms with Crippen molar-refractivity contribution in [1.82, 2.24) is 5.32 Å². The van der Waals surface area contributed by atoms with E-state index in [9.17, 15) is 8.78 Å². The highest BCUT2D eigenvalue weighted by molar-refractivity contribution is 5.24. The lowest BCUT2D eigenvalue weighted by molar-refractivity contribution is 0.499. The van der Waals surface area contributed by atoms with Gasteiger partial charge in [-0.2, -0.15) is 0 Å². The topological polar surface area (TPSA) is 12.0 Å². The third-order valence-electron chi connectivity index (χ3n) is 2.98. The van der Waals surface area contributed by atoms with Gasteiger partial charge in [0, 0.05) is 5.56 Å². The van der Waals surface area contributed by atoms with Crippen LogP contribution in [0.2, 0.25) is 0 Å². The second kappa shape index (κ2) is 4.71. The van der Waals surface area contributed by atoms with Gasteiger partial charge in [-0.25, -0.2) is 8.78 Å². The molecule has 1 atom stereocenters. The maximum Gasteiger partial charge on any atom is 0.129 e. The molecular weight excluding hydrogens is 196 g/mol. The minimum Gasteiger partial charge on any atom is -0.317 e. The van der Waals surface area contributed by atoms with Crippen molar-refractivity contribution in [2.45, 2.75) is 25.2 Å². The van der Waals surface area contributed by atoms with Crippen LogP contribution in [0.1, 0.15) is 30.7 Å². The standard InChI is InChI=1S/C12H15F2N/c13-10-4-1-5-11(14)12(10)9-3-2-7-15-8-6-9/h1,4-5,9,15H,2-3,6-8H2. The maximum atomic E-state index is 13.5. The second-order valence-corrected chi connectivity index (χ2v) is 4.01. The zero-order valence-electron chi connectivity index (χ0n) is 8.60. The highest BCUT2D eigenvalue weighted by Gasteiger charge is 2.20. The first-order valence-electron chi connectivity index (χ1n) is 5.43. The van der Waals surface area contributed by atoms with Gasteiger partial charge in [0.15, 0.2) is 0 Å². The molecule has 1 aromatic rings. The molecule has 0 aliphatic carbocycles. The molecule has 2 rings (SSSR count). The Kier molecular flexibility index (Phi) is 3.31. The van der Waals surface area contributed by atoms with Gasteiger partial charge >= 0.3 is 0 Å². The van der Waals surface area contributed by atoms with Crippen molar-refractivity contribution in [3.63, 3.8) is 0 Å². The van der Waals surface area contributed by atoms with Crippen LogP contribution in [0.5, 0.6) is 0 Å². The summed E-state index contributed by atoms with van der Waals surface area (Å²) >= 11 is 0. The van der Waals surface area contributed by atoms with Crippen LogP contribution in [-0.2, 0) is 0 Å². The lowest BCUT2D eigenvalue weighted by Gasteiger charge is -2.15. The van der Waals surface area contributed by atoms with Crippen LogP contribution in [0.4, 0.5) is 8.78 Å². The molecule has 0 aromatic heterocycles. The molecule has 82 valence electrons.